The van der Waals surface area contributed by atoms with E-state index in [0.717, 1.165) is 36.4 Å². The summed E-state index contributed by atoms with van der Waals surface area (Å²) in [5.74, 6) is -3.92. The van der Waals surface area contributed by atoms with Crippen molar-refractivity contribution in [3.8, 4) is 0 Å². The molecule has 488 valence electrons. The van der Waals surface area contributed by atoms with E-state index in [0.29, 0.717) is 0 Å². The van der Waals surface area contributed by atoms with Crippen LogP contribution < -0.4 is 93.3 Å². The van der Waals surface area contributed by atoms with Gasteiger partial charge in [0, 0.05) is 112 Å². The molecule has 4 aromatic carbocycles. The fourth-order valence-corrected chi connectivity index (χ4v) is 13.0. The number of aryl methyl sites for hydroxylation is 6. The van der Waals surface area contributed by atoms with E-state index < -0.39 is 93.1 Å². The molecule has 0 aliphatic rings. The fourth-order valence-electron chi connectivity index (χ4n) is 10.3. The number of anilines is 8. The number of carbonyl (C=O) groups excluding carboxylic acids is 7. The van der Waals surface area contributed by atoms with Gasteiger partial charge in [-0.15, -0.1) is 0 Å². The summed E-state index contributed by atoms with van der Waals surface area (Å²) in [5.41, 5.74) is 1.80. The Bertz CT molecular complexity index is 4770. The van der Waals surface area contributed by atoms with Gasteiger partial charge in [0.15, 0.2) is 0 Å². The van der Waals surface area contributed by atoms with Gasteiger partial charge in [0.1, 0.15) is 34.2 Å². The van der Waals surface area contributed by atoms with E-state index in [1.807, 2.05) is 0 Å². The number of nitrogens with zero attached hydrogens (tertiary/aromatic N) is 6. The van der Waals surface area contributed by atoms with Gasteiger partial charge in [0.25, 0.3) is 35.4 Å². The van der Waals surface area contributed by atoms with Gasteiger partial charge in [-0.3, -0.25) is 47.0 Å². The zero-order chi connectivity index (χ0) is 68.4. The van der Waals surface area contributed by atoms with Crippen molar-refractivity contribution in [2.75, 3.05) is 42.5 Å². The van der Waals surface area contributed by atoms with Crippen molar-refractivity contribution in [3.63, 3.8) is 0 Å². The topological polar surface area (TPSA) is 475 Å². The van der Waals surface area contributed by atoms with Crippen molar-refractivity contribution in [3.05, 3.63) is 168 Å². The number of rotatable bonds is 18. The number of carbonyl (C=O) groups is 7. The van der Waals surface area contributed by atoms with Crippen LogP contribution in [0.1, 0.15) is 62.9 Å². The molecule has 0 radical (unpaired) electrons. The van der Waals surface area contributed by atoms with Gasteiger partial charge in [-0.25, -0.2) is 4.79 Å². The van der Waals surface area contributed by atoms with E-state index >= 15 is 0 Å². The number of aromatic nitrogens is 6. The maximum atomic E-state index is 13.6. The zero-order valence-electron chi connectivity index (χ0n) is 50.7. The molecule has 0 aliphatic heterocycles. The molecule has 6 aromatic heterocycles. The molecule has 0 spiro atoms. The zero-order valence-corrected chi connectivity index (χ0v) is 56.3. The SMILES string of the molecule is Cn1cc(NC(=O)Nc2cc(C(=O)Nc3cc(C(=O)Nc4cc(C(=O)Nc5ccc(P(=O)(O)O)c6cc(P(=O)(O)O)ccc56)n(C)c4)n(C)c3)n(C)c2)cc1C(=O)Nc1cc(C(=O)Nc2cc(C(=O)Nc3ccc(P(=O)(O)O)c4cc(P(=O)(O)O)ccc34)n(C)c2)n(C)c1.[Na+]. The molecule has 10 rings (SSSR count). The molecule has 6 heterocycles. The average Bonchev–Trinajstić information content (AvgIpc) is 1.70. The smallest absolute Gasteiger partial charge is 0.344 e. The summed E-state index contributed by atoms with van der Waals surface area (Å²) in [6.45, 7) is 0. The van der Waals surface area contributed by atoms with E-state index in [9.17, 15) is 91.0 Å². The van der Waals surface area contributed by atoms with Crippen LogP contribution in [-0.2, 0) is 60.5 Å². The number of urea groups is 1. The van der Waals surface area contributed by atoms with Gasteiger partial charge in [-0.05, 0) is 84.9 Å². The van der Waals surface area contributed by atoms with E-state index in [1.54, 1.807) is 28.2 Å². The molecule has 0 fully saturated rings. The van der Waals surface area contributed by atoms with Crippen LogP contribution >= 0.6 is 30.4 Å². The number of hydrogen-bond donors (Lipinski definition) is 16. The normalized spacial score (nSPS) is 11.9. The van der Waals surface area contributed by atoms with Gasteiger partial charge in [-0.1, -0.05) is 12.1 Å². The molecule has 95 heavy (non-hydrogen) atoms. The number of fused-ring (bicyclic) bond motifs is 2. The van der Waals surface area contributed by atoms with E-state index in [4.69, 9.17) is 0 Å². The summed E-state index contributed by atoms with van der Waals surface area (Å²) >= 11 is 0. The van der Waals surface area contributed by atoms with Gasteiger partial charge in [0.2, 0.25) is 0 Å². The molecule has 0 aliphatic carbocycles. The number of amides is 8. The van der Waals surface area contributed by atoms with Crippen molar-refractivity contribution >= 4 is 160 Å². The summed E-state index contributed by atoms with van der Waals surface area (Å²) in [4.78, 5) is 173. The van der Waals surface area contributed by atoms with Gasteiger partial charge in [0.05, 0.1) is 55.3 Å². The maximum absolute atomic E-state index is 13.6. The molecule has 0 bridgehead atoms. The fraction of sp³-hybridized carbons (Fsp3) is 0.105. The predicted octanol–water partition coefficient (Wildman–Crippen LogP) is 1.40. The summed E-state index contributed by atoms with van der Waals surface area (Å²) in [7, 11) is -10.2. The van der Waals surface area contributed by atoms with Crippen LogP contribution in [0.5, 0.6) is 0 Å². The molecular formula is C57H56N14NaO19P4+. The summed E-state index contributed by atoms with van der Waals surface area (Å²) in [6, 6.07) is 18.6. The summed E-state index contributed by atoms with van der Waals surface area (Å²) < 4.78 is 57.1. The minimum atomic E-state index is -4.94. The van der Waals surface area contributed by atoms with Crippen molar-refractivity contribution < 1.29 is 121 Å². The number of hydrogen-bond acceptors (Lipinski definition) is 11. The second kappa shape index (κ2) is 26.5. The van der Waals surface area contributed by atoms with Crippen LogP contribution in [0.4, 0.5) is 50.3 Å². The van der Waals surface area contributed by atoms with Crippen LogP contribution in [0.3, 0.4) is 0 Å². The Morgan fingerprint density at radius 3 is 0.758 bits per heavy atom. The van der Waals surface area contributed by atoms with Crippen molar-refractivity contribution in [2.24, 2.45) is 42.3 Å². The minimum Gasteiger partial charge on any atom is -0.344 e. The molecule has 8 amide bonds. The van der Waals surface area contributed by atoms with Crippen molar-refractivity contribution in [2.45, 2.75) is 0 Å². The Labute approximate surface area is 558 Å². The molecule has 16 N–H and O–H groups in total. The molecular weight excluding hydrogens is 1330 g/mol. The third-order valence-corrected chi connectivity index (χ3v) is 18.7. The van der Waals surface area contributed by atoms with E-state index in [-0.39, 0.29) is 131 Å². The molecule has 0 saturated carbocycles. The van der Waals surface area contributed by atoms with Gasteiger partial charge < -0.3 is 109 Å². The Morgan fingerprint density at radius 1 is 0.295 bits per heavy atom. The quantitative estimate of drug-likeness (QED) is 0.0426. The second-order valence-corrected chi connectivity index (χ2v) is 27.9. The Morgan fingerprint density at radius 2 is 0.526 bits per heavy atom. The second-order valence-electron chi connectivity index (χ2n) is 21.6. The first kappa shape index (κ1) is 70.1. The first-order valence-electron chi connectivity index (χ1n) is 27.2. The minimum absolute atomic E-state index is 0. The average molecular weight is 1390 g/mol. The monoisotopic (exact) mass is 1390 g/mol. The third-order valence-electron chi connectivity index (χ3n) is 14.7. The van der Waals surface area contributed by atoms with Crippen LogP contribution in [-0.4, -0.2) is 108 Å². The van der Waals surface area contributed by atoms with Crippen LogP contribution in [0, 0.1) is 0 Å². The predicted molar refractivity (Wildman–Crippen MR) is 347 cm³/mol. The van der Waals surface area contributed by atoms with Crippen LogP contribution in [0.25, 0.3) is 21.5 Å². The van der Waals surface area contributed by atoms with Gasteiger partial charge in [-0.2, -0.15) is 0 Å². The summed E-state index contributed by atoms with van der Waals surface area (Å²) in [5, 5.41) is 19.2. The number of nitrogens with one attached hydrogen (secondary N) is 8. The molecule has 38 heteroatoms. The van der Waals surface area contributed by atoms with Gasteiger partial charge >= 0.3 is 66.0 Å². The van der Waals surface area contributed by atoms with Crippen molar-refractivity contribution in [1.29, 1.82) is 0 Å². The first-order chi connectivity index (χ1) is 43.9. The Hall–Kier alpha value is -9.23. The molecule has 0 saturated heterocycles. The molecule has 0 atom stereocenters. The largest absolute Gasteiger partial charge is 1.00 e. The van der Waals surface area contributed by atoms with Crippen LogP contribution in [0.2, 0.25) is 0 Å². The first-order valence-corrected chi connectivity index (χ1v) is 33.7. The maximum Gasteiger partial charge on any atom is 1.00 e. The molecule has 33 nitrogen and oxygen atoms in total. The van der Waals surface area contributed by atoms with E-state index in [1.165, 1.54) is 139 Å². The van der Waals surface area contributed by atoms with E-state index in [2.05, 4.69) is 42.5 Å². The third kappa shape index (κ3) is 15.3. The molecule has 0 unspecified atom stereocenters. The van der Waals surface area contributed by atoms with Crippen molar-refractivity contribution in [1.82, 2.24) is 27.4 Å². The Kier molecular flexibility index (Phi) is 19.6. The standard InChI is InChI=1S/C57H56N14O19P4.Na/c1-66-23-29(15-43(66)51(72)60-31-17-47(68(3)25-31)55(76)64-41-11-13-49(93(85,86)87)39-21-35(91(79,80)81)7-9-37(39)41)58-53(74)45-19-33(27-70(45)5)62-57(78)63-34-20-46(71(6)28-34)54(75)59-30-16-44(67(2)24-30)52(73)61-32-18-48(69(4)26-32)56(77)65-42-12-14-50(94(88,89)90)40-22-36(92(82,83)84)8-10-38(40)42;/h7-28H,1-6H3,(H,58,74)(H,59,75)(H,60,72)(H,61,73)(H,64,76)(H,65,77)(H2,62,63,78)(H2,79,80,81)(H2,82,83,84)(H2,85,86,87)(H2,88,89,90);/q;+1. The Balaban J connectivity index is 0.0000106. The number of benzene rings is 4. The summed E-state index contributed by atoms with van der Waals surface area (Å²) in [6.07, 6.45) is 8.80. The van der Waals surface area contributed by atoms with Crippen LogP contribution in [0.15, 0.2) is 134 Å². The molecule has 10 aromatic rings.